The largest absolute Gasteiger partial charge is 0.487 e. The molecule has 24 heavy (non-hydrogen) atoms. The Morgan fingerprint density at radius 2 is 2.33 bits per heavy atom. The first-order valence-corrected chi connectivity index (χ1v) is 8.11. The molecule has 2 N–H and O–H groups in total. The predicted octanol–water partition coefficient (Wildman–Crippen LogP) is 1.95. The Balaban J connectivity index is 1.59. The van der Waals surface area contributed by atoms with Gasteiger partial charge in [0.15, 0.2) is 5.69 Å². The van der Waals surface area contributed by atoms with Crippen LogP contribution < -0.4 is 10.1 Å². The topological polar surface area (TPSA) is 70.2 Å². The number of carbonyl (C=O) groups is 1. The van der Waals surface area contributed by atoms with Gasteiger partial charge in [-0.3, -0.25) is 9.89 Å². The Labute approximate surface area is 140 Å². The molecule has 1 saturated heterocycles. The van der Waals surface area contributed by atoms with Crippen LogP contribution in [0.15, 0.2) is 30.3 Å². The van der Waals surface area contributed by atoms with Crippen LogP contribution in [-0.4, -0.2) is 46.7 Å². The Morgan fingerprint density at radius 3 is 3.12 bits per heavy atom. The molecule has 2 heterocycles. The van der Waals surface area contributed by atoms with Crippen molar-refractivity contribution in [1.29, 1.82) is 0 Å². The van der Waals surface area contributed by atoms with Gasteiger partial charge in [0, 0.05) is 31.7 Å². The number of amides is 1. The highest BCUT2D eigenvalue weighted by molar-refractivity contribution is 5.92. The highest BCUT2D eigenvalue weighted by Gasteiger charge is 2.24. The third-order valence-corrected chi connectivity index (χ3v) is 4.08. The van der Waals surface area contributed by atoms with Gasteiger partial charge in [-0.05, 0) is 24.6 Å². The summed E-state index contributed by atoms with van der Waals surface area (Å²) in [6.07, 6.45) is 0.983. The maximum atomic E-state index is 13.1. The van der Waals surface area contributed by atoms with Gasteiger partial charge in [-0.1, -0.05) is 13.0 Å². The zero-order valence-electron chi connectivity index (χ0n) is 13.6. The molecule has 1 atom stereocenters. The van der Waals surface area contributed by atoms with Gasteiger partial charge >= 0.3 is 0 Å². The number of aromatic amines is 1. The monoisotopic (exact) mass is 332 g/mol. The molecule has 128 valence electrons. The van der Waals surface area contributed by atoms with Gasteiger partial charge in [-0.15, -0.1) is 0 Å². The van der Waals surface area contributed by atoms with Gasteiger partial charge in [-0.2, -0.15) is 5.10 Å². The van der Waals surface area contributed by atoms with Gasteiger partial charge in [0.05, 0.1) is 5.69 Å². The molecular formula is C17H21FN4O2. The first kappa shape index (κ1) is 16.4. The van der Waals surface area contributed by atoms with E-state index in [1.165, 1.54) is 12.1 Å². The fourth-order valence-electron chi connectivity index (χ4n) is 2.71. The lowest BCUT2D eigenvalue weighted by molar-refractivity contribution is 0.0695. The molecule has 1 aromatic heterocycles. The number of hydrogen-bond acceptors (Lipinski definition) is 4. The fourth-order valence-corrected chi connectivity index (χ4v) is 2.71. The summed E-state index contributed by atoms with van der Waals surface area (Å²) >= 11 is 0. The van der Waals surface area contributed by atoms with Crippen molar-refractivity contribution in [2.24, 2.45) is 0 Å². The molecule has 0 bridgehead atoms. The molecule has 1 unspecified atom stereocenters. The smallest absolute Gasteiger partial charge is 0.274 e. The van der Waals surface area contributed by atoms with E-state index in [0.717, 1.165) is 13.0 Å². The van der Waals surface area contributed by atoms with Crippen molar-refractivity contribution in [3.05, 3.63) is 47.5 Å². The van der Waals surface area contributed by atoms with E-state index in [9.17, 15) is 9.18 Å². The number of rotatable bonds is 5. The summed E-state index contributed by atoms with van der Waals surface area (Å²) in [4.78, 5) is 14.3. The average Bonchev–Trinajstić information content (AvgIpc) is 3.08. The quantitative estimate of drug-likeness (QED) is 0.878. The summed E-state index contributed by atoms with van der Waals surface area (Å²) in [6.45, 7) is 4.46. The van der Waals surface area contributed by atoms with Crippen molar-refractivity contribution in [1.82, 2.24) is 20.4 Å². The van der Waals surface area contributed by atoms with Crippen LogP contribution in [0.3, 0.4) is 0 Å². The van der Waals surface area contributed by atoms with E-state index in [-0.39, 0.29) is 18.3 Å². The van der Waals surface area contributed by atoms with Gasteiger partial charge in [0.2, 0.25) is 0 Å². The zero-order valence-corrected chi connectivity index (χ0v) is 13.6. The normalized spacial score (nSPS) is 17.8. The number of piperazine rings is 1. The lowest BCUT2D eigenvalue weighted by Crippen LogP contribution is -2.52. The Kier molecular flexibility index (Phi) is 5.10. The first-order valence-electron chi connectivity index (χ1n) is 8.11. The van der Waals surface area contributed by atoms with Crippen LogP contribution in [0.1, 0.15) is 29.5 Å². The number of aromatic nitrogens is 2. The third-order valence-electron chi connectivity index (χ3n) is 4.08. The number of ether oxygens (including phenoxy) is 1. The van der Waals surface area contributed by atoms with Crippen molar-refractivity contribution < 1.29 is 13.9 Å². The van der Waals surface area contributed by atoms with Gasteiger partial charge < -0.3 is 15.0 Å². The molecule has 0 radical (unpaired) electrons. The SMILES string of the molecule is CCC1CN(C(=O)c2cc(COc3cccc(F)c3)[nH]n2)CCN1. The number of nitrogens with one attached hydrogen (secondary N) is 2. The minimum atomic E-state index is -0.350. The standard InChI is InChI=1S/C17H21FN4O2/c1-2-13-10-22(7-6-19-13)17(23)16-9-14(20-21-16)11-24-15-5-3-4-12(18)8-15/h3-5,8-9,13,19H,2,6-7,10-11H2,1H3,(H,20,21). The molecule has 1 amide bonds. The maximum absolute atomic E-state index is 13.1. The second kappa shape index (κ2) is 7.44. The van der Waals surface area contributed by atoms with Crippen molar-refractivity contribution >= 4 is 5.91 Å². The van der Waals surface area contributed by atoms with E-state index in [2.05, 4.69) is 22.4 Å². The minimum absolute atomic E-state index is 0.0804. The maximum Gasteiger partial charge on any atom is 0.274 e. The van der Waals surface area contributed by atoms with Crippen molar-refractivity contribution in [2.45, 2.75) is 26.0 Å². The third kappa shape index (κ3) is 3.91. The van der Waals surface area contributed by atoms with Crippen molar-refractivity contribution in [3.63, 3.8) is 0 Å². The van der Waals surface area contributed by atoms with E-state index < -0.39 is 0 Å². The van der Waals surface area contributed by atoms with Crippen molar-refractivity contribution in [3.8, 4) is 5.75 Å². The number of nitrogens with zero attached hydrogens (tertiary/aromatic N) is 2. The van der Waals surface area contributed by atoms with Crippen LogP contribution in [0.2, 0.25) is 0 Å². The predicted molar refractivity (Wildman–Crippen MR) is 87.3 cm³/mol. The molecule has 0 spiro atoms. The highest BCUT2D eigenvalue weighted by Crippen LogP contribution is 2.14. The molecule has 7 heteroatoms. The molecule has 0 saturated carbocycles. The summed E-state index contributed by atoms with van der Waals surface area (Å²) in [5, 5.41) is 10.3. The molecule has 1 fully saturated rings. The Morgan fingerprint density at radius 1 is 1.46 bits per heavy atom. The second-order valence-electron chi connectivity index (χ2n) is 5.83. The molecule has 2 aromatic rings. The van der Waals surface area contributed by atoms with Gasteiger partial charge in [0.1, 0.15) is 18.2 Å². The van der Waals surface area contributed by atoms with E-state index >= 15 is 0 Å². The minimum Gasteiger partial charge on any atom is -0.487 e. The summed E-state index contributed by atoms with van der Waals surface area (Å²) < 4.78 is 18.6. The molecule has 0 aliphatic carbocycles. The number of carbonyl (C=O) groups excluding carboxylic acids is 1. The number of benzene rings is 1. The summed E-state index contributed by atoms with van der Waals surface area (Å²) in [5.74, 6) is 0.00531. The Hall–Kier alpha value is -2.41. The number of hydrogen-bond donors (Lipinski definition) is 2. The first-order chi connectivity index (χ1) is 11.7. The van der Waals surface area contributed by atoms with Crippen LogP contribution in [0, 0.1) is 5.82 Å². The van der Waals surface area contributed by atoms with E-state index in [1.807, 2.05) is 4.90 Å². The molecule has 6 nitrogen and oxygen atoms in total. The molecule has 1 aromatic carbocycles. The van der Waals surface area contributed by atoms with Crippen LogP contribution in [0.4, 0.5) is 4.39 Å². The van der Waals surface area contributed by atoms with E-state index in [1.54, 1.807) is 18.2 Å². The second-order valence-corrected chi connectivity index (χ2v) is 5.83. The lowest BCUT2D eigenvalue weighted by Gasteiger charge is -2.32. The van der Waals surface area contributed by atoms with Crippen LogP contribution in [-0.2, 0) is 6.61 Å². The summed E-state index contributed by atoms with van der Waals surface area (Å²) in [5.41, 5.74) is 1.05. The van der Waals surface area contributed by atoms with Crippen LogP contribution >= 0.6 is 0 Å². The van der Waals surface area contributed by atoms with Crippen LogP contribution in [0.5, 0.6) is 5.75 Å². The highest BCUT2D eigenvalue weighted by atomic mass is 19.1. The van der Waals surface area contributed by atoms with E-state index in [0.29, 0.717) is 36.3 Å². The number of halogens is 1. The summed E-state index contributed by atoms with van der Waals surface area (Å²) in [6, 6.07) is 7.95. The molecule has 1 aliphatic heterocycles. The molecule has 1 aliphatic rings. The van der Waals surface area contributed by atoms with E-state index in [4.69, 9.17) is 4.74 Å². The molecular weight excluding hydrogens is 311 g/mol. The van der Waals surface area contributed by atoms with Gasteiger partial charge in [0.25, 0.3) is 5.91 Å². The van der Waals surface area contributed by atoms with Crippen molar-refractivity contribution in [2.75, 3.05) is 19.6 Å². The average molecular weight is 332 g/mol. The van der Waals surface area contributed by atoms with Gasteiger partial charge in [-0.25, -0.2) is 4.39 Å². The fraction of sp³-hybridized carbons (Fsp3) is 0.412. The lowest BCUT2D eigenvalue weighted by atomic mass is 10.1. The zero-order chi connectivity index (χ0) is 16.9. The molecule has 3 rings (SSSR count). The van der Waals surface area contributed by atoms with Crippen LogP contribution in [0.25, 0.3) is 0 Å². The summed E-state index contributed by atoms with van der Waals surface area (Å²) in [7, 11) is 0. The Bertz CT molecular complexity index is 703. The number of H-pyrrole nitrogens is 1.